The molecule has 110 valence electrons. The number of amides is 2. The monoisotopic (exact) mass is 280 g/mol. The summed E-state index contributed by atoms with van der Waals surface area (Å²) in [5, 5.41) is 18.4. The summed E-state index contributed by atoms with van der Waals surface area (Å²) in [6.45, 7) is 0. The molecule has 1 aliphatic rings. The minimum atomic E-state index is -0.974. The Hall–Kier alpha value is -2.05. The first-order valence-corrected chi connectivity index (χ1v) is 6.85. The average molecular weight is 280 g/mol. The molecule has 7 nitrogen and oxygen atoms in total. The lowest BCUT2D eigenvalue weighted by atomic mass is 9.84. The van der Waals surface area contributed by atoms with Gasteiger partial charge in [0.2, 0.25) is 0 Å². The Morgan fingerprint density at radius 3 is 2.65 bits per heavy atom. The zero-order valence-electron chi connectivity index (χ0n) is 11.5. The summed E-state index contributed by atoms with van der Waals surface area (Å²) in [7, 11) is 1.74. The van der Waals surface area contributed by atoms with E-state index in [1.165, 1.54) is 6.20 Å². The van der Waals surface area contributed by atoms with Crippen LogP contribution in [-0.4, -0.2) is 32.9 Å². The van der Waals surface area contributed by atoms with Gasteiger partial charge in [0, 0.05) is 13.2 Å². The van der Waals surface area contributed by atoms with Crippen LogP contribution in [0.3, 0.4) is 0 Å². The highest BCUT2D eigenvalue weighted by atomic mass is 16.4. The lowest BCUT2D eigenvalue weighted by Crippen LogP contribution is -2.48. The molecule has 0 spiro atoms. The van der Waals surface area contributed by atoms with Gasteiger partial charge >= 0.3 is 12.0 Å². The maximum Gasteiger partial charge on any atom is 0.326 e. The van der Waals surface area contributed by atoms with Gasteiger partial charge in [0.05, 0.1) is 11.9 Å². The van der Waals surface area contributed by atoms with Crippen molar-refractivity contribution in [1.29, 1.82) is 0 Å². The van der Waals surface area contributed by atoms with E-state index in [4.69, 9.17) is 0 Å². The van der Waals surface area contributed by atoms with Gasteiger partial charge in [0.25, 0.3) is 0 Å². The molecular formula is C13H20N4O3. The number of carbonyl (C=O) groups excluding carboxylic acids is 1. The molecule has 1 aliphatic carbocycles. The first kappa shape index (κ1) is 14.4. The first-order chi connectivity index (χ1) is 9.56. The van der Waals surface area contributed by atoms with Crippen molar-refractivity contribution in [2.24, 2.45) is 13.0 Å². The minimum absolute atomic E-state index is 0.0147. The molecule has 1 aromatic heterocycles. The molecule has 2 amide bonds. The highest BCUT2D eigenvalue weighted by molar-refractivity contribution is 5.92. The number of aryl methyl sites for hydroxylation is 1. The number of nitrogens with zero attached hydrogens (tertiary/aromatic N) is 2. The predicted octanol–water partition coefficient (Wildman–Crippen LogP) is 1.58. The number of carbonyl (C=O) groups is 2. The fourth-order valence-corrected chi connectivity index (χ4v) is 2.64. The highest BCUT2D eigenvalue weighted by Gasteiger charge is 2.30. The highest BCUT2D eigenvalue weighted by Crippen LogP contribution is 2.26. The number of hydrogen-bond acceptors (Lipinski definition) is 3. The van der Waals surface area contributed by atoms with Crippen LogP contribution in [0.15, 0.2) is 12.4 Å². The zero-order chi connectivity index (χ0) is 14.5. The summed E-state index contributed by atoms with van der Waals surface area (Å²) >= 11 is 0. The van der Waals surface area contributed by atoms with Crippen molar-refractivity contribution >= 4 is 17.7 Å². The average Bonchev–Trinajstić information content (AvgIpc) is 2.82. The Morgan fingerprint density at radius 2 is 2.10 bits per heavy atom. The predicted molar refractivity (Wildman–Crippen MR) is 73.4 cm³/mol. The van der Waals surface area contributed by atoms with Crippen molar-refractivity contribution in [1.82, 2.24) is 15.1 Å². The molecule has 1 unspecified atom stereocenters. The lowest BCUT2D eigenvalue weighted by molar-refractivity contribution is -0.141. The SMILES string of the molecule is Cn1cc(NC(=O)NC(C(=O)O)C2CCCCC2)cn1. The van der Waals surface area contributed by atoms with Crippen molar-refractivity contribution in [2.45, 2.75) is 38.1 Å². The van der Waals surface area contributed by atoms with Crippen LogP contribution in [0.4, 0.5) is 10.5 Å². The van der Waals surface area contributed by atoms with Gasteiger partial charge in [0.15, 0.2) is 0 Å². The number of rotatable bonds is 4. The third-order valence-electron chi connectivity index (χ3n) is 3.64. The van der Waals surface area contributed by atoms with E-state index in [2.05, 4.69) is 15.7 Å². The van der Waals surface area contributed by atoms with E-state index in [0.29, 0.717) is 5.69 Å². The van der Waals surface area contributed by atoms with E-state index < -0.39 is 18.0 Å². The second-order valence-electron chi connectivity index (χ2n) is 5.22. The van der Waals surface area contributed by atoms with Gasteiger partial charge in [-0.25, -0.2) is 9.59 Å². The Morgan fingerprint density at radius 1 is 1.40 bits per heavy atom. The topological polar surface area (TPSA) is 96.2 Å². The number of hydrogen-bond donors (Lipinski definition) is 3. The van der Waals surface area contributed by atoms with Crippen LogP contribution < -0.4 is 10.6 Å². The number of aliphatic carboxylic acids is 1. The largest absolute Gasteiger partial charge is 0.480 e. The molecule has 20 heavy (non-hydrogen) atoms. The maximum absolute atomic E-state index is 11.9. The molecule has 1 saturated carbocycles. The number of carboxylic acid groups (broad SMARTS) is 1. The summed E-state index contributed by atoms with van der Waals surface area (Å²) in [4.78, 5) is 23.2. The molecule has 1 aromatic rings. The normalized spacial score (nSPS) is 17.4. The van der Waals surface area contributed by atoms with Crippen LogP contribution in [0.1, 0.15) is 32.1 Å². The second kappa shape index (κ2) is 6.40. The molecular weight excluding hydrogens is 260 g/mol. The van der Waals surface area contributed by atoms with Gasteiger partial charge in [-0.05, 0) is 18.8 Å². The molecule has 0 radical (unpaired) electrons. The fraction of sp³-hybridized carbons (Fsp3) is 0.615. The smallest absolute Gasteiger partial charge is 0.326 e. The van der Waals surface area contributed by atoms with Crippen LogP contribution in [-0.2, 0) is 11.8 Å². The summed E-state index contributed by atoms with van der Waals surface area (Å²) in [5.41, 5.74) is 0.540. The van der Waals surface area contributed by atoms with Gasteiger partial charge in [-0.1, -0.05) is 19.3 Å². The molecule has 0 aliphatic heterocycles. The number of nitrogens with one attached hydrogen (secondary N) is 2. The Balaban J connectivity index is 1.93. The number of anilines is 1. The van der Waals surface area contributed by atoms with Crippen molar-refractivity contribution in [3.8, 4) is 0 Å². The van der Waals surface area contributed by atoms with E-state index in [1.54, 1.807) is 17.9 Å². The zero-order valence-corrected chi connectivity index (χ0v) is 11.5. The van der Waals surface area contributed by atoms with Gasteiger partial charge in [0.1, 0.15) is 6.04 Å². The van der Waals surface area contributed by atoms with Gasteiger partial charge < -0.3 is 15.7 Å². The van der Waals surface area contributed by atoms with Crippen molar-refractivity contribution in [3.05, 3.63) is 12.4 Å². The van der Waals surface area contributed by atoms with Gasteiger partial charge in [-0.15, -0.1) is 0 Å². The maximum atomic E-state index is 11.9. The van der Waals surface area contributed by atoms with Crippen molar-refractivity contribution in [3.63, 3.8) is 0 Å². The van der Waals surface area contributed by atoms with E-state index in [1.807, 2.05) is 0 Å². The number of carboxylic acids is 1. The number of aromatic nitrogens is 2. The third kappa shape index (κ3) is 3.72. The molecule has 1 heterocycles. The van der Waals surface area contributed by atoms with Crippen molar-refractivity contribution < 1.29 is 14.7 Å². The summed E-state index contributed by atoms with van der Waals surface area (Å²) in [5.74, 6) is -0.959. The summed E-state index contributed by atoms with van der Waals surface area (Å²) in [6.07, 6.45) is 8.06. The van der Waals surface area contributed by atoms with Gasteiger partial charge in [-0.2, -0.15) is 5.10 Å². The summed E-state index contributed by atoms with van der Waals surface area (Å²) in [6, 6.07) is -1.33. The fourth-order valence-electron chi connectivity index (χ4n) is 2.64. The van der Waals surface area contributed by atoms with Crippen LogP contribution in [0.25, 0.3) is 0 Å². The molecule has 0 saturated heterocycles. The van der Waals surface area contributed by atoms with Crippen LogP contribution in [0, 0.1) is 5.92 Å². The Labute approximate surface area is 117 Å². The first-order valence-electron chi connectivity index (χ1n) is 6.85. The molecule has 0 bridgehead atoms. The van der Waals surface area contributed by atoms with E-state index >= 15 is 0 Å². The van der Waals surface area contributed by atoms with E-state index in [-0.39, 0.29) is 5.92 Å². The lowest BCUT2D eigenvalue weighted by Gasteiger charge is -2.27. The van der Waals surface area contributed by atoms with Crippen LogP contribution in [0.2, 0.25) is 0 Å². The minimum Gasteiger partial charge on any atom is -0.480 e. The molecule has 1 fully saturated rings. The molecule has 7 heteroatoms. The quantitative estimate of drug-likeness (QED) is 0.780. The molecule has 0 aromatic carbocycles. The van der Waals surface area contributed by atoms with Gasteiger partial charge in [-0.3, -0.25) is 4.68 Å². The van der Waals surface area contributed by atoms with E-state index in [9.17, 15) is 14.7 Å². The standard InChI is InChI=1S/C13H20N4O3/c1-17-8-10(7-14-17)15-13(20)16-11(12(18)19)9-5-3-2-4-6-9/h7-9,11H,2-6H2,1H3,(H,18,19)(H2,15,16,20). The van der Waals surface area contributed by atoms with Crippen LogP contribution >= 0.6 is 0 Å². The Bertz CT molecular complexity index is 480. The van der Waals surface area contributed by atoms with E-state index in [0.717, 1.165) is 32.1 Å². The van der Waals surface area contributed by atoms with Crippen molar-refractivity contribution in [2.75, 3.05) is 5.32 Å². The third-order valence-corrected chi connectivity index (χ3v) is 3.64. The Kier molecular flexibility index (Phi) is 4.60. The molecule has 1 atom stereocenters. The molecule has 3 N–H and O–H groups in total. The summed E-state index contributed by atoms with van der Waals surface area (Å²) < 4.78 is 1.56. The second-order valence-corrected chi connectivity index (χ2v) is 5.22. The molecule has 2 rings (SSSR count). The van der Waals surface area contributed by atoms with Crippen LogP contribution in [0.5, 0.6) is 0 Å². The number of urea groups is 1.